The second-order valence-corrected chi connectivity index (χ2v) is 10.2. The molecule has 5 heterocycles. The zero-order chi connectivity index (χ0) is 25.7. The van der Waals surface area contributed by atoms with Gasteiger partial charge in [-0.2, -0.15) is 0 Å². The van der Waals surface area contributed by atoms with Crippen LogP contribution in [-0.4, -0.2) is 47.5 Å². The van der Waals surface area contributed by atoms with E-state index in [1.165, 1.54) is 0 Å². The first-order valence-corrected chi connectivity index (χ1v) is 13.4. The van der Waals surface area contributed by atoms with Crippen molar-refractivity contribution in [3.8, 4) is 28.4 Å². The number of hydrogen-bond acceptors (Lipinski definition) is 7. The Morgan fingerprint density at radius 2 is 1.87 bits per heavy atom. The summed E-state index contributed by atoms with van der Waals surface area (Å²) in [6, 6.07) is 15.4. The summed E-state index contributed by atoms with van der Waals surface area (Å²) in [5.41, 5.74) is 3.29. The minimum Gasteiger partial charge on any atom is -0.310 e. The molecule has 9 heteroatoms. The van der Waals surface area contributed by atoms with Crippen LogP contribution in [0, 0.1) is 11.8 Å². The Labute approximate surface area is 224 Å². The fourth-order valence-electron chi connectivity index (χ4n) is 4.61. The lowest BCUT2D eigenvalue weighted by Crippen LogP contribution is -2.35. The van der Waals surface area contributed by atoms with Gasteiger partial charge < -0.3 is 4.98 Å². The zero-order valence-corrected chi connectivity index (χ0v) is 21.4. The molecular weight excluding hydrogens is 494 g/mol. The molecule has 0 bridgehead atoms. The largest absolute Gasteiger partial charge is 0.310 e. The van der Waals surface area contributed by atoms with Crippen LogP contribution in [0.15, 0.2) is 83.6 Å². The third-order valence-corrected chi connectivity index (χ3v) is 7.33. The topological polar surface area (TPSA) is 92.6 Å². The number of likely N-dealkylation sites (tertiary alicyclic amines) is 1. The zero-order valence-electron chi connectivity index (χ0n) is 20.6. The Hall–Kier alpha value is -4.39. The predicted molar refractivity (Wildman–Crippen MR) is 147 cm³/mol. The fourth-order valence-corrected chi connectivity index (χ4v) is 5.30. The quantitative estimate of drug-likeness (QED) is 0.349. The van der Waals surface area contributed by atoms with Gasteiger partial charge in [0.1, 0.15) is 12.2 Å². The second kappa shape index (κ2) is 10.9. The van der Waals surface area contributed by atoms with Crippen LogP contribution >= 0.6 is 11.3 Å². The summed E-state index contributed by atoms with van der Waals surface area (Å²) in [6.07, 6.45) is 9.19. The molecule has 4 aromatic heterocycles. The first-order valence-electron chi connectivity index (χ1n) is 12.5. The SMILES string of the molecule is O=c1cc(-c2cccs2)nc(C2CCCN(Cc3cn(-c4ncc(C#Cc5ccccc5)cn4)cn3)C2)[nH]1. The van der Waals surface area contributed by atoms with E-state index in [0.717, 1.165) is 59.1 Å². The van der Waals surface area contributed by atoms with E-state index >= 15 is 0 Å². The van der Waals surface area contributed by atoms with Gasteiger partial charge in [0.05, 0.1) is 21.8 Å². The fraction of sp³-hybridized carbons (Fsp3) is 0.207. The number of nitrogens with one attached hydrogen (secondary N) is 1. The summed E-state index contributed by atoms with van der Waals surface area (Å²) in [7, 11) is 0. The highest BCUT2D eigenvalue weighted by Gasteiger charge is 2.24. The molecule has 0 spiro atoms. The Morgan fingerprint density at radius 3 is 2.68 bits per heavy atom. The summed E-state index contributed by atoms with van der Waals surface area (Å²) < 4.78 is 1.83. The number of hydrogen-bond donors (Lipinski definition) is 1. The van der Waals surface area contributed by atoms with E-state index in [1.54, 1.807) is 36.1 Å². The van der Waals surface area contributed by atoms with Gasteiger partial charge in [0, 0.05) is 49.2 Å². The Bertz CT molecular complexity index is 1630. The maximum absolute atomic E-state index is 12.3. The third-order valence-electron chi connectivity index (χ3n) is 6.44. The number of piperidine rings is 1. The lowest BCUT2D eigenvalue weighted by molar-refractivity contribution is 0.194. The molecule has 1 aliphatic rings. The monoisotopic (exact) mass is 519 g/mol. The van der Waals surface area contributed by atoms with E-state index in [2.05, 4.69) is 36.7 Å². The van der Waals surface area contributed by atoms with Gasteiger partial charge in [0.2, 0.25) is 5.95 Å². The molecule has 1 unspecified atom stereocenters. The van der Waals surface area contributed by atoms with Crippen LogP contribution in [0.2, 0.25) is 0 Å². The van der Waals surface area contributed by atoms with Gasteiger partial charge in [-0.1, -0.05) is 36.1 Å². The van der Waals surface area contributed by atoms with Crippen molar-refractivity contribution in [3.05, 3.63) is 112 Å². The molecule has 0 radical (unpaired) electrons. The van der Waals surface area contributed by atoms with Crippen LogP contribution in [-0.2, 0) is 6.54 Å². The molecule has 0 aliphatic carbocycles. The lowest BCUT2D eigenvalue weighted by atomic mass is 9.97. The molecule has 0 amide bonds. The predicted octanol–water partition coefficient (Wildman–Crippen LogP) is 4.25. The van der Waals surface area contributed by atoms with Crippen molar-refractivity contribution in [2.75, 3.05) is 13.1 Å². The third kappa shape index (κ3) is 5.62. The standard InChI is InChI=1S/C29H25N7OS/c37-27-14-25(26-9-5-13-38-26)33-28(34-27)23-8-4-12-35(17-23)18-24-19-36(20-32-24)29-30-15-22(16-31-29)11-10-21-6-2-1-3-7-21/h1-3,5-7,9,13-16,19-20,23H,4,8,12,17-18H2,(H,33,34,37). The van der Waals surface area contributed by atoms with E-state index in [0.29, 0.717) is 12.5 Å². The molecule has 38 heavy (non-hydrogen) atoms. The van der Waals surface area contributed by atoms with E-state index in [1.807, 2.05) is 58.6 Å². The average Bonchev–Trinajstić information content (AvgIpc) is 3.66. The van der Waals surface area contributed by atoms with Crippen molar-refractivity contribution < 1.29 is 0 Å². The summed E-state index contributed by atoms with van der Waals surface area (Å²) in [4.78, 5) is 37.0. The van der Waals surface area contributed by atoms with E-state index < -0.39 is 0 Å². The first-order chi connectivity index (χ1) is 18.7. The highest BCUT2D eigenvalue weighted by molar-refractivity contribution is 7.13. The van der Waals surface area contributed by atoms with Gasteiger partial charge in [-0.3, -0.25) is 14.3 Å². The highest BCUT2D eigenvalue weighted by atomic mass is 32.1. The minimum atomic E-state index is -0.105. The minimum absolute atomic E-state index is 0.105. The van der Waals surface area contributed by atoms with Crippen LogP contribution in [0.1, 0.15) is 41.4 Å². The van der Waals surface area contributed by atoms with Gasteiger partial charge in [-0.05, 0) is 43.0 Å². The van der Waals surface area contributed by atoms with Gasteiger partial charge in [-0.25, -0.2) is 19.9 Å². The van der Waals surface area contributed by atoms with Gasteiger partial charge in [-0.15, -0.1) is 11.3 Å². The van der Waals surface area contributed by atoms with Crippen molar-refractivity contribution in [3.63, 3.8) is 0 Å². The van der Waals surface area contributed by atoms with Crippen LogP contribution in [0.3, 0.4) is 0 Å². The highest BCUT2D eigenvalue weighted by Crippen LogP contribution is 2.27. The number of imidazole rings is 1. The van der Waals surface area contributed by atoms with E-state index in [-0.39, 0.29) is 11.5 Å². The number of H-pyrrole nitrogens is 1. The van der Waals surface area contributed by atoms with Crippen molar-refractivity contribution in [2.24, 2.45) is 0 Å². The van der Waals surface area contributed by atoms with Crippen LogP contribution in [0.25, 0.3) is 16.5 Å². The summed E-state index contributed by atoms with van der Waals surface area (Å²) in [5.74, 6) is 7.71. The Morgan fingerprint density at radius 1 is 1.03 bits per heavy atom. The molecule has 188 valence electrons. The molecule has 0 saturated carbocycles. The average molecular weight is 520 g/mol. The summed E-state index contributed by atoms with van der Waals surface area (Å²) >= 11 is 1.59. The molecule has 1 aliphatic heterocycles. The normalized spacial score (nSPS) is 15.6. The van der Waals surface area contributed by atoms with Crippen LogP contribution < -0.4 is 5.56 Å². The molecule has 6 rings (SSSR count). The van der Waals surface area contributed by atoms with Crippen LogP contribution in [0.5, 0.6) is 0 Å². The van der Waals surface area contributed by atoms with Crippen molar-refractivity contribution in [1.29, 1.82) is 0 Å². The number of nitrogens with zero attached hydrogens (tertiary/aromatic N) is 6. The van der Waals surface area contributed by atoms with E-state index in [4.69, 9.17) is 4.98 Å². The van der Waals surface area contributed by atoms with Crippen LogP contribution in [0.4, 0.5) is 0 Å². The number of benzene rings is 1. The molecular formula is C29H25N7OS. The molecule has 1 N–H and O–H groups in total. The van der Waals surface area contributed by atoms with Crippen molar-refractivity contribution in [1.82, 2.24) is 34.4 Å². The second-order valence-electron chi connectivity index (χ2n) is 9.23. The molecule has 1 aromatic carbocycles. The summed E-state index contributed by atoms with van der Waals surface area (Å²) in [6.45, 7) is 2.50. The van der Waals surface area contributed by atoms with Gasteiger partial charge >= 0.3 is 0 Å². The Balaban J connectivity index is 1.11. The molecule has 8 nitrogen and oxygen atoms in total. The number of thiophene rings is 1. The maximum atomic E-state index is 12.3. The smallest absolute Gasteiger partial charge is 0.251 e. The number of rotatable bonds is 5. The first kappa shape index (κ1) is 24.0. The molecule has 1 atom stereocenters. The van der Waals surface area contributed by atoms with Crippen molar-refractivity contribution in [2.45, 2.75) is 25.3 Å². The summed E-state index contributed by atoms with van der Waals surface area (Å²) in [5, 5.41) is 2.00. The number of aromatic nitrogens is 6. The van der Waals surface area contributed by atoms with Crippen molar-refractivity contribution >= 4 is 11.3 Å². The molecule has 1 saturated heterocycles. The van der Waals surface area contributed by atoms with Gasteiger partial charge in [0.15, 0.2) is 0 Å². The molecule has 5 aromatic rings. The van der Waals surface area contributed by atoms with E-state index in [9.17, 15) is 4.79 Å². The number of aromatic amines is 1. The maximum Gasteiger partial charge on any atom is 0.251 e. The lowest BCUT2D eigenvalue weighted by Gasteiger charge is -2.31. The molecule has 1 fully saturated rings. The van der Waals surface area contributed by atoms with Gasteiger partial charge in [0.25, 0.3) is 5.56 Å². The Kier molecular flexibility index (Phi) is 6.89.